The highest BCUT2D eigenvalue weighted by Crippen LogP contribution is 2.26. The molecule has 0 radical (unpaired) electrons. The molecule has 0 spiro atoms. The zero-order valence-corrected chi connectivity index (χ0v) is 12.7. The minimum absolute atomic E-state index is 0.213. The predicted octanol–water partition coefficient (Wildman–Crippen LogP) is 3.49. The van der Waals surface area contributed by atoms with Crippen LogP contribution in [0.15, 0.2) is 23.1 Å². The first-order valence-corrected chi connectivity index (χ1v) is 7.39. The van der Waals surface area contributed by atoms with Gasteiger partial charge in [-0.05, 0) is 31.9 Å². The van der Waals surface area contributed by atoms with Crippen molar-refractivity contribution in [1.29, 1.82) is 0 Å². The minimum Gasteiger partial charge on any atom is -0.460 e. The lowest BCUT2D eigenvalue weighted by Gasteiger charge is -2.10. The fraction of sp³-hybridized carbons (Fsp3) is 0.467. The molecule has 4 heteroatoms. The predicted molar refractivity (Wildman–Crippen MR) is 77.7 cm³/mol. The first-order valence-electron chi connectivity index (χ1n) is 6.40. The number of ketones is 1. The van der Waals surface area contributed by atoms with E-state index in [0.717, 1.165) is 16.2 Å². The van der Waals surface area contributed by atoms with Gasteiger partial charge in [0.05, 0.1) is 6.61 Å². The molecule has 0 atom stereocenters. The van der Waals surface area contributed by atoms with Crippen LogP contribution in [0.25, 0.3) is 0 Å². The van der Waals surface area contributed by atoms with Crippen LogP contribution in [0, 0.1) is 12.8 Å². The quantitative estimate of drug-likeness (QED) is 0.346. The zero-order valence-electron chi connectivity index (χ0n) is 11.9. The number of hydrogen-bond donors (Lipinski definition) is 0. The van der Waals surface area contributed by atoms with Crippen molar-refractivity contribution in [3.8, 4) is 0 Å². The molecule has 0 amide bonds. The first kappa shape index (κ1) is 15.8. The third-order valence-electron chi connectivity index (χ3n) is 2.41. The third-order valence-corrected chi connectivity index (χ3v) is 3.91. The van der Waals surface area contributed by atoms with Crippen molar-refractivity contribution in [2.75, 3.05) is 12.4 Å². The van der Waals surface area contributed by atoms with Gasteiger partial charge in [0.1, 0.15) is 0 Å². The molecule has 0 unspecified atom stereocenters. The van der Waals surface area contributed by atoms with Gasteiger partial charge in [0.25, 0.3) is 5.78 Å². The van der Waals surface area contributed by atoms with Gasteiger partial charge in [-0.2, -0.15) is 0 Å². The highest BCUT2D eigenvalue weighted by molar-refractivity contribution is 7.99. The molecule has 0 aromatic heterocycles. The van der Waals surface area contributed by atoms with Crippen LogP contribution in [-0.4, -0.2) is 24.1 Å². The van der Waals surface area contributed by atoms with Crippen LogP contribution in [0.5, 0.6) is 0 Å². The van der Waals surface area contributed by atoms with Crippen LogP contribution in [-0.2, 0) is 9.53 Å². The summed E-state index contributed by atoms with van der Waals surface area (Å²) in [5.41, 5.74) is 1.41. The van der Waals surface area contributed by atoms with Crippen LogP contribution in [0.2, 0.25) is 0 Å². The van der Waals surface area contributed by atoms with Crippen molar-refractivity contribution in [2.45, 2.75) is 32.6 Å². The van der Waals surface area contributed by atoms with Crippen LogP contribution < -0.4 is 0 Å². The maximum Gasteiger partial charge on any atom is 0.379 e. The molecule has 104 valence electrons. The van der Waals surface area contributed by atoms with Gasteiger partial charge in [0.2, 0.25) is 0 Å². The Morgan fingerprint density at radius 1 is 1.32 bits per heavy atom. The fourth-order valence-electron chi connectivity index (χ4n) is 1.51. The molecule has 1 aromatic rings. The molecule has 1 aromatic carbocycles. The fourth-order valence-corrected chi connectivity index (χ4v) is 2.49. The average molecular weight is 280 g/mol. The van der Waals surface area contributed by atoms with Crippen molar-refractivity contribution in [2.24, 2.45) is 5.92 Å². The van der Waals surface area contributed by atoms with Crippen molar-refractivity contribution in [3.05, 3.63) is 29.3 Å². The number of hydrogen-bond acceptors (Lipinski definition) is 4. The molecular weight excluding hydrogens is 260 g/mol. The number of Topliss-reactive ketones (excluding diaryl/α,β-unsaturated/α-hetero) is 1. The first-order chi connectivity index (χ1) is 8.95. The van der Waals surface area contributed by atoms with Gasteiger partial charge >= 0.3 is 5.97 Å². The largest absolute Gasteiger partial charge is 0.460 e. The Bertz CT molecular complexity index is 466. The normalized spacial score (nSPS) is 10.6. The Hall–Kier alpha value is -1.29. The molecule has 1 rings (SSSR count). The van der Waals surface area contributed by atoms with E-state index >= 15 is 0 Å². The topological polar surface area (TPSA) is 43.4 Å². The standard InChI is InChI=1S/C15H20O3S/c1-5-18-15(17)14(16)12-8-11(4)6-7-13(12)19-9-10(2)3/h6-8,10H,5,9H2,1-4H3. The zero-order chi connectivity index (χ0) is 14.4. The Morgan fingerprint density at radius 2 is 2.00 bits per heavy atom. The molecule has 0 saturated heterocycles. The number of carbonyl (C=O) groups is 2. The van der Waals surface area contributed by atoms with E-state index in [9.17, 15) is 9.59 Å². The van der Waals surface area contributed by atoms with E-state index in [1.165, 1.54) is 0 Å². The third kappa shape index (κ3) is 4.71. The molecule has 0 heterocycles. The van der Waals surface area contributed by atoms with Crippen molar-refractivity contribution in [1.82, 2.24) is 0 Å². The molecule has 0 aliphatic carbocycles. The number of esters is 1. The molecule has 0 aliphatic rings. The summed E-state index contributed by atoms with van der Waals surface area (Å²) in [6.07, 6.45) is 0. The van der Waals surface area contributed by atoms with Gasteiger partial charge in [0.15, 0.2) is 0 Å². The molecule has 3 nitrogen and oxygen atoms in total. The summed E-state index contributed by atoms with van der Waals surface area (Å²) in [7, 11) is 0. The smallest absolute Gasteiger partial charge is 0.379 e. The van der Waals surface area contributed by atoms with E-state index in [1.807, 2.05) is 19.1 Å². The summed E-state index contributed by atoms with van der Waals surface area (Å²) in [6, 6.07) is 5.60. The Kier molecular flexibility index (Phi) is 6.09. The number of carbonyl (C=O) groups excluding carboxylic acids is 2. The highest BCUT2D eigenvalue weighted by atomic mass is 32.2. The van der Waals surface area contributed by atoms with Gasteiger partial charge in [-0.15, -0.1) is 11.8 Å². The van der Waals surface area contributed by atoms with Crippen LogP contribution in [0.4, 0.5) is 0 Å². The lowest BCUT2D eigenvalue weighted by Crippen LogP contribution is -2.18. The summed E-state index contributed by atoms with van der Waals surface area (Å²) < 4.78 is 4.78. The molecule has 19 heavy (non-hydrogen) atoms. The Morgan fingerprint density at radius 3 is 2.58 bits per heavy atom. The summed E-state index contributed by atoms with van der Waals surface area (Å²) in [5, 5.41) is 0. The van der Waals surface area contributed by atoms with Gasteiger partial charge < -0.3 is 4.74 Å². The second-order valence-corrected chi connectivity index (χ2v) is 5.82. The SMILES string of the molecule is CCOC(=O)C(=O)c1cc(C)ccc1SCC(C)C. The summed E-state index contributed by atoms with van der Waals surface area (Å²) >= 11 is 1.60. The van der Waals surface area contributed by atoms with Crippen LogP contribution in [0.1, 0.15) is 36.7 Å². The maximum absolute atomic E-state index is 12.1. The number of benzene rings is 1. The lowest BCUT2D eigenvalue weighted by molar-refractivity contribution is -0.137. The van der Waals surface area contributed by atoms with Crippen molar-refractivity contribution in [3.63, 3.8) is 0 Å². The summed E-state index contributed by atoms with van der Waals surface area (Å²) in [4.78, 5) is 24.5. The van der Waals surface area contributed by atoms with E-state index in [2.05, 4.69) is 13.8 Å². The van der Waals surface area contributed by atoms with E-state index in [4.69, 9.17) is 4.74 Å². The summed E-state index contributed by atoms with van der Waals surface area (Å²) in [5.74, 6) is 0.0970. The van der Waals surface area contributed by atoms with Crippen molar-refractivity contribution < 1.29 is 14.3 Å². The number of rotatable bonds is 6. The van der Waals surface area contributed by atoms with E-state index in [1.54, 1.807) is 24.8 Å². The second kappa shape index (κ2) is 7.34. The molecule has 0 N–H and O–H groups in total. The van der Waals surface area contributed by atoms with Gasteiger partial charge in [-0.3, -0.25) is 4.79 Å². The van der Waals surface area contributed by atoms with Crippen LogP contribution in [0.3, 0.4) is 0 Å². The number of aryl methyl sites for hydroxylation is 1. The minimum atomic E-state index is -0.778. The second-order valence-electron chi connectivity index (χ2n) is 4.75. The van der Waals surface area contributed by atoms with E-state index < -0.39 is 11.8 Å². The summed E-state index contributed by atoms with van der Waals surface area (Å²) in [6.45, 7) is 8.04. The highest BCUT2D eigenvalue weighted by Gasteiger charge is 2.21. The van der Waals surface area contributed by atoms with Gasteiger partial charge in [0, 0.05) is 16.2 Å². The maximum atomic E-state index is 12.1. The van der Waals surface area contributed by atoms with Crippen LogP contribution >= 0.6 is 11.8 Å². The average Bonchev–Trinajstić information content (AvgIpc) is 2.36. The lowest BCUT2D eigenvalue weighted by atomic mass is 10.1. The van der Waals surface area contributed by atoms with Crippen molar-refractivity contribution >= 4 is 23.5 Å². The van der Waals surface area contributed by atoms with E-state index in [0.29, 0.717) is 11.5 Å². The molecule has 0 aliphatic heterocycles. The number of thioether (sulfide) groups is 1. The Labute approximate surface area is 118 Å². The molecule has 0 bridgehead atoms. The molecular formula is C15H20O3S. The monoisotopic (exact) mass is 280 g/mol. The number of ether oxygens (including phenoxy) is 1. The molecule has 0 fully saturated rings. The molecule has 0 saturated carbocycles. The van der Waals surface area contributed by atoms with E-state index in [-0.39, 0.29) is 6.61 Å². The Balaban J connectivity index is 2.99. The van der Waals surface area contributed by atoms with Gasteiger partial charge in [-0.25, -0.2) is 4.79 Å². The van der Waals surface area contributed by atoms with Gasteiger partial charge in [-0.1, -0.05) is 25.5 Å².